The van der Waals surface area contributed by atoms with Crippen LogP contribution in [0.15, 0.2) is 60.3 Å². The van der Waals surface area contributed by atoms with Gasteiger partial charge in [-0.25, -0.2) is 4.79 Å². The molecule has 0 bridgehead atoms. The third-order valence-corrected chi connectivity index (χ3v) is 5.98. The van der Waals surface area contributed by atoms with Gasteiger partial charge in [0, 0.05) is 17.8 Å². The quantitative estimate of drug-likeness (QED) is 0.373. The molecule has 3 rings (SSSR count). The number of aryl methyl sites for hydroxylation is 2. The van der Waals surface area contributed by atoms with E-state index in [2.05, 4.69) is 27.4 Å². The van der Waals surface area contributed by atoms with Crippen molar-refractivity contribution in [2.45, 2.75) is 37.7 Å². The van der Waals surface area contributed by atoms with Gasteiger partial charge in [-0.15, -0.1) is 16.8 Å². The Hall–Kier alpha value is -3.59. The number of ether oxygens (including phenoxy) is 1. The number of hydrogen-bond donors (Lipinski definition) is 2. The number of anilines is 1. The van der Waals surface area contributed by atoms with Gasteiger partial charge in [0.1, 0.15) is 5.75 Å². The van der Waals surface area contributed by atoms with Crippen LogP contribution in [0.4, 0.5) is 10.5 Å². The monoisotopic (exact) mass is 465 g/mol. The number of benzene rings is 2. The highest BCUT2D eigenvalue weighted by molar-refractivity contribution is 8.00. The predicted molar refractivity (Wildman–Crippen MR) is 131 cm³/mol. The summed E-state index contributed by atoms with van der Waals surface area (Å²) in [5, 5.41) is 13.6. The molecule has 8 nitrogen and oxygen atoms in total. The summed E-state index contributed by atoms with van der Waals surface area (Å²) in [6, 6.07) is 12.6. The highest BCUT2D eigenvalue weighted by Crippen LogP contribution is 2.28. The van der Waals surface area contributed by atoms with Crippen LogP contribution >= 0.6 is 11.8 Å². The van der Waals surface area contributed by atoms with Crippen LogP contribution < -0.4 is 15.4 Å². The zero-order chi connectivity index (χ0) is 24.0. The first-order chi connectivity index (χ1) is 15.8. The van der Waals surface area contributed by atoms with Crippen LogP contribution in [0.3, 0.4) is 0 Å². The van der Waals surface area contributed by atoms with Crippen molar-refractivity contribution in [3.8, 4) is 17.1 Å². The minimum atomic E-state index is -0.578. The first-order valence-electron chi connectivity index (χ1n) is 10.4. The van der Waals surface area contributed by atoms with Crippen LogP contribution in [-0.2, 0) is 11.3 Å². The molecule has 0 saturated carbocycles. The molecule has 2 aromatic carbocycles. The van der Waals surface area contributed by atoms with E-state index in [1.807, 2.05) is 60.9 Å². The molecular formula is C24H27N5O3S. The van der Waals surface area contributed by atoms with E-state index in [0.29, 0.717) is 23.2 Å². The largest absolute Gasteiger partial charge is 0.497 e. The van der Waals surface area contributed by atoms with Gasteiger partial charge in [0.05, 0.1) is 12.4 Å². The summed E-state index contributed by atoms with van der Waals surface area (Å²) in [6.45, 7) is 9.87. The molecular weight excluding hydrogens is 438 g/mol. The van der Waals surface area contributed by atoms with E-state index in [-0.39, 0.29) is 0 Å². The molecule has 0 saturated heterocycles. The summed E-state index contributed by atoms with van der Waals surface area (Å²) in [4.78, 5) is 24.9. The van der Waals surface area contributed by atoms with Crippen molar-refractivity contribution in [3.63, 3.8) is 0 Å². The highest BCUT2D eigenvalue weighted by Gasteiger charge is 2.22. The zero-order valence-corrected chi connectivity index (χ0v) is 19.9. The Morgan fingerprint density at radius 1 is 1.18 bits per heavy atom. The second-order valence-electron chi connectivity index (χ2n) is 7.46. The van der Waals surface area contributed by atoms with Gasteiger partial charge in [-0.3, -0.25) is 14.7 Å². The minimum absolute atomic E-state index is 0.429. The van der Waals surface area contributed by atoms with Crippen LogP contribution in [-0.4, -0.2) is 39.1 Å². The first-order valence-corrected chi connectivity index (χ1v) is 11.2. The SMILES string of the molecule is C=CCn1c(SC(C)C(=O)NC(=O)Nc2ccc(C)cc2C)nnc1-c1ccc(OC)cc1. The van der Waals surface area contributed by atoms with Crippen molar-refractivity contribution in [2.24, 2.45) is 0 Å². The van der Waals surface area contributed by atoms with Crippen molar-refractivity contribution in [3.05, 3.63) is 66.2 Å². The first kappa shape index (κ1) is 24.1. The Labute approximate surface area is 197 Å². The minimum Gasteiger partial charge on any atom is -0.497 e. The average molecular weight is 466 g/mol. The topological polar surface area (TPSA) is 98.1 Å². The second-order valence-corrected chi connectivity index (χ2v) is 8.76. The lowest BCUT2D eigenvalue weighted by Crippen LogP contribution is -2.39. The Balaban J connectivity index is 1.68. The molecule has 1 unspecified atom stereocenters. The number of carbonyl (C=O) groups excluding carboxylic acids is 2. The van der Waals surface area contributed by atoms with Crippen LogP contribution in [0.2, 0.25) is 0 Å². The second kappa shape index (κ2) is 10.8. The number of nitrogens with zero attached hydrogens (tertiary/aromatic N) is 3. The van der Waals surface area contributed by atoms with E-state index >= 15 is 0 Å². The molecule has 172 valence electrons. The fraction of sp³-hybridized carbons (Fsp3) is 0.250. The van der Waals surface area contributed by atoms with Gasteiger partial charge in [-0.1, -0.05) is 35.5 Å². The van der Waals surface area contributed by atoms with Gasteiger partial charge in [-0.2, -0.15) is 0 Å². The number of allylic oxidation sites excluding steroid dienone is 1. The molecule has 3 aromatic rings. The van der Waals surface area contributed by atoms with Crippen molar-refractivity contribution < 1.29 is 14.3 Å². The highest BCUT2D eigenvalue weighted by atomic mass is 32.2. The molecule has 0 radical (unpaired) electrons. The van der Waals surface area contributed by atoms with Crippen LogP contribution in [0.25, 0.3) is 11.4 Å². The molecule has 2 N–H and O–H groups in total. The lowest BCUT2D eigenvalue weighted by Gasteiger charge is -2.14. The van der Waals surface area contributed by atoms with Gasteiger partial charge in [0.15, 0.2) is 11.0 Å². The Morgan fingerprint density at radius 3 is 2.55 bits per heavy atom. The van der Waals surface area contributed by atoms with Crippen LogP contribution in [0, 0.1) is 13.8 Å². The number of rotatable bonds is 8. The molecule has 33 heavy (non-hydrogen) atoms. The molecule has 0 spiro atoms. The Kier molecular flexibility index (Phi) is 7.89. The number of carbonyl (C=O) groups is 2. The van der Waals surface area contributed by atoms with E-state index < -0.39 is 17.2 Å². The van der Waals surface area contributed by atoms with E-state index in [0.717, 1.165) is 22.4 Å². The van der Waals surface area contributed by atoms with Gasteiger partial charge < -0.3 is 10.1 Å². The number of urea groups is 1. The molecule has 0 aliphatic rings. The zero-order valence-electron chi connectivity index (χ0n) is 19.1. The van der Waals surface area contributed by atoms with E-state index in [1.165, 1.54) is 11.8 Å². The summed E-state index contributed by atoms with van der Waals surface area (Å²) in [5.41, 5.74) is 3.53. The fourth-order valence-corrected chi connectivity index (χ4v) is 4.01. The Bertz CT molecular complexity index is 1160. The summed E-state index contributed by atoms with van der Waals surface area (Å²) >= 11 is 1.22. The van der Waals surface area contributed by atoms with E-state index in [9.17, 15) is 9.59 Å². The van der Waals surface area contributed by atoms with Crippen LogP contribution in [0.5, 0.6) is 5.75 Å². The number of hydrogen-bond acceptors (Lipinski definition) is 6. The fourth-order valence-electron chi connectivity index (χ4n) is 3.16. The number of amides is 3. The summed E-state index contributed by atoms with van der Waals surface area (Å²) in [5.74, 6) is 0.967. The maximum Gasteiger partial charge on any atom is 0.325 e. The molecule has 0 fully saturated rings. The van der Waals surface area contributed by atoms with Crippen molar-refractivity contribution >= 4 is 29.4 Å². The standard InChI is InChI=1S/C24H27N5O3S/c1-6-13-29-21(18-8-10-19(32-5)11-9-18)27-28-24(29)33-17(4)22(30)26-23(31)25-20-12-7-15(2)14-16(20)3/h6-12,14,17H,1,13H2,2-5H3,(H2,25,26,30,31). The smallest absolute Gasteiger partial charge is 0.325 e. The third-order valence-electron chi connectivity index (χ3n) is 4.89. The lowest BCUT2D eigenvalue weighted by molar-refractivity contribution is -0.119. The summed E-state index contributed by atoms with van der Waals surface area (Å²) in [7, 11) is 1.61. The third kappa shape index (κ3) is 6.01. The number of thioether (sulfide) groups is 1. The molecule has 1 atom stereocenters. The van der Waals surface area contributed by atoms with Gasteiger partial charge in [-0.05, 0) is 56.7 Å². The predicted octanol–water partition coefficient (Wildman–Crippen LogP) is 4.59. The lowest BCUT2D eigenvalue weighted by atomic mass is 10.1. The maximum absolute atomic E-state index is 12.6. The molecule has 1 aromatic heterocycles. The number of nitrogens with one attached hydrogen (secondary N) is 2. The van der Waals surface area contributed by atoms with Crippen molar-refractivity contribution in [1.29, 1.82) is 0 Å². The average Bonchev–Trinajstić information content (AvgIpc) is 3.18. The molecule has 3 amide bonds. The van der Waals surface area contributed by atoms with Gasteiger partial charge in [0.25, 0.3) is 0 Å². The summed E-state index contributed by atoms with van der Waals surface area (Å²) < 4.78 is 7.08. The molecule has 1 heterocycles. The summed E-state index contributed by atoms with van der Waals surface area (Å²) in [6.07, 6.45) is 1.74. The van der Waals surface area contributed by atoms with Crippen molar-refractivity contribution in [2.75, 3.05) is 12.4 Å². The van der Waals surface area contributed by atoms with Gasteiger partial charge >= 0.3 is 6.03 Å². The van der Waals surface area contributed by atoms with Crippen molar-refractivity contribution in [1.82, 2.24) is 20.1 Å². The maximum atomic E-state index is 12.6. The Morgan fingerprint density at radius 2 is 1.91 bits per heavy atom. The number of aromatic nitrogens is 3. The van der Waals surface area contributed by atoms with E-state index in [1.54, 1.807) is 20.1 Å². The number of methoxy groups -OCH3 is 1. The van der Waals surface area contributed by atoms with Gasteiger partial charge in [0.2, 0.25) is 5.91 Å². The molecule has 0 aliphatic heterocycles. The normalized spacial score (nSPS) is 11.5. The molecule has 0 aliphatic carbocycles. The van der Waals surface area contributed by atoms with E-state index in [4.69, 9.17) is 4.74 Å². The van der Waals surface area contributed by atoms with Crippen LogP contribution in [0.1, 0.15) is 18.1 Å². The molecule has 9 heteroatoms. The number of imide groups is 1.